The number of para-hydroxylation sites is 1. The Kier molecular flexibility index (Phi) is 3.49. The van der Waals surface area contributed by atoms with E-state index in [1.165, 1.54) is 11.1 Å². The van der Waals surface area contributed by atoms with Crippen molar-refractivity contribution in [3.63, 3.8) is 0 Å². The second kappa shape index (κ2) is 5.45. The van der Waals surface area contributed by atoms with Gasteiger partial charge in [-0.25, -0.2) is 0 Å². The molecule has 0 amide bonds. The van der Waals surface area contributed by atoms with Crippen LogP contribution in [0.25, 0.3) is 0 Å². The lowest BCUT2D eigenvalue weighted by molar-refractivity contribution is 0.695. The van der Waals surface area contributed by atoms with Gasteiger partial charge in [0.2, 0.25) is 0 Å². The van der Waals surface area contributed by atoms with Gasteiger partial charge in [0.1, 0.15) is 0 Å². The van der Waals surface area contributed by atoms with Crippen molar-refractivity contribution in [3.8, 4) is 0 Å². The summed E-state index contributed by atoms with van der Waals surface area (Å²) < 4.78 is 0. The Morgan fingerprint density at radius 1 is 0.619 bits per heavy atom. The largest absolute Gasteiger partial charge is 0.398 e. The highest BCUT2D eigenvalue weighted by atomic mass is 14.6. The number of nitrogen functional groups attached to an aromatic ring is 1. The first-order chi connectivity index (χ1) is 10.2. The molecule has 0 fully saturated rings. The van der Waals surface area contributed by atoms with Gasteiger partial charge in [0.15, 0.2) is 0 Å². The Labute approximate surface area is 126 Å². The zero-order chi connectivity index (χ0) is 14.7. The predicted octanol–water partition coefficient (Wildman–Crippen LogP) is 4.62. The second-order valence-corrected chi connectivity index (χ2v) is 5.44. The Morgan fingerprint density at radius 3 is 1.52 bits per heavy atom. The van der Waals surface area contributed by atoms with Crippen LogP contribution in [0.3, 0.4) is 0 Å². The monoisotopic (exact) mass is 273 g/mol. The van der Waals surface area contributed by atoms with Crippen LogP contribution in [-0.4, -0.2) is 0 Å². The quantitative estimate of drug-likeness (QED) is 0.546. The maximum Gasteiger partial charge on any atom is 0.0443 e. The van der Waals surface area contributed by atoms with Gasteiger partial charge in [-0.2, -0.15) is 0 Å². The molecule has 0 bridgehead atoms. The van der Waals surface area contributed by atoms with Gasteiger partial charge in [-0.1, -0.05) is 78.9 Å². The van der Waals surface area contributed by atoms with Gasteiger partial charge in [0.25, 0.3) is 0 Å². The van der Waals surface area contributed by atoms with Crippen LogP contribution in [0.1, 0.15) is 23.6 Å². The fourth-order valence-corrected chi connectivity index (χ4v) is 2.97. The van der Waals surface area contributed by atoms with Crippen LogP contribution in [0.2, 0.25) is 0 Å². The van der Waals surface area contributed by atoms with Crippen molar-refractivity contribution < 1.29 is 0 Å². The topological polar surface area (TPSA) is 26.0 Å². The van der Waals surface area contributed by atoms with E-state index in [-0.39, 0.29) is 5.41 Å². The van der Waals surface area contributed by atoms with E-state index in [9.17, 15) is 0 Å². The molecule has 3 aromatic carbocycles. The molecule has 0 saturated carbocycles. The third kappa shape index (κ3) is 2.31. The van der Waals surface area contributed by atoms with Crippen molar-refractivity contribution in [3.05, 3.63) is 102 Å². The van der Waals surface area contributed by atoms with Crippen molar-refractivity contribution in [2.75, 3.05) is 5.73 Å². The normalized spacial score (nSPS) is 11.3. The Hall–Kier alpha value is -2.54. The predicted molar refractivity (Wildman–Crippen MR) is 89.3 cm³/mol. The summed E-state index contributed by atoms with van der Waals surface area (Å²) in [7, 11) is 0. The van der Waals surface area contributed by atoms with Crippen molar-refractivity contribution in [2.45, 2.75) is 12.3 Å². The molecule has 1 nitrogen and oxygen atoms in total. The molecule has 0 aliphatic heterocycles. The molecule has 0 atom stereocenters. The van der Waals surface area contributed by atoms with Gasteiger partial charge >= 0.3 is 0 Å². The number of rotatable bonds is 3. The maximum absolute atomic E-state index is 6.28. The van der Waals surface area contributed by atoms with Gasteiger partial charge in [0.05, 0.1) is 0 Å². The molecular formula is C20H19N. The van der Waals surface area contributed by atoms with Crippen molar-refractivity contribution in [1.82, 2.24) is 0 Å². The molecule has 0 saturated heterocycles. The summed E-state index contributed by atoms with van der Waals surface area (Å²) in [5.74, 6) is 0. The van der Waals surface area contributed by atoms with E-state index in [0.717, 1.165) is 11.3 Å². The van der Waals surface area contributed by atoms with E-state index in [1.807, 2.05) is 24.3 Å². The van der Waals surface area contributed by atoms with Crippen LogP contribution in [0.5, 0.6) is 0 Å². The Morgan fingerprint density at radius 2 is 1.05 bits per heavy atom. The van der Waals surface area contributed by atoms with Gasteiger partial charge in [0, 0.05) is 11.1 Å². The van der Waals surface area contributed by atoms with E-state index < -0.39 is 0 Å². The lowest BCUT2D eigenvalue weighted by atomic mass is 9.70. The molecule has 0 heterocycles. The molecule has 0 aromatic heterocycles. The average Bonchev–Trinajstić information content (AvgIpc) is 2.56. The highest BCUT2D eigenvalue weighted by Crippen LogP contribution is 2.40. The molecular weight excluding hydrogens is 254 g/mol. The molecule has 0 unspecified atom stereocenters. The van der Waals surface area contributed by atoms with Crippen LogP contribution in [0.15, 0.2) is 84.9 Å². The summed E-state index contributed by atoms with van der Waals surface area (Å²) in [6, 6.07) is 29.2. The zero-order valence-electron chi connectivity index (χ0n) is 12.2. The summed E-state index contributed by atoms with van der Waals surface area (Å²) in [5.41, 5.74) is 10.5. The van der Waals surface area contributed by atoms with Gasteiger partial charge in [-0.15, -0.1) is 0 Å². The minimum absolute atomic E-state index is 0.256. The van der Waals surface area contributed by atoms with Crippen LogP contribution in [-0.2, 0) is 5.41 Å². The van der Waals surface area contributed by atoms with Gasteiger partial charge in [-0.3, -0.25) is 0 Å². The van der Waals surface area contributed by atoms with Crippen molar-refractivity contribution in [1.29, 1.82) is 0 Å². The van der Waals surface area contributed by atoms with Crippen LogP contribution in [0.4, 0.5) is 5.69 Å². The average molecular weight is 273 g/mol. The van der Waals surface area contributed by atoms with Crippen LogP contribution >= 0.6 is 0 Å². The molecule has 104 valence electrons. The first kappa shape index (κ1) is 13.4. The molecule has 3 rings (SSSR count). The summed E-state index contributed by atoms with van der Waals surface area (Å²) in [4.78, 5) is 0. The highest BCUT2D eigenvalue weighted by molar-refractivity contribution is 5.59. The standard InChI is InChI=1S/C20H19N/c1-20(16-10-4-2-5-11-16,17-12-6-3-7-13-17)18-14-8-9-15-19(18)21/h2-15H,21H2,1H3. The second-order valence-electron chi connectivity index (χ2n) is 5.44. The molecule has 2 N–H and O–H groups in total. The number of hydrogen-bond donors (Lipinski definition) is 1. The number of nitrogens with two attached hydrogens (primary N) is 1. The zero-order valence-corrected chi connectivity index (χ0v) is 12.2. The fourth-order valence-electron chi connectivity index (χ4n) is 2.97. The molecule has 0 aliphatic rings. The Bertz CT molecular complexity index is 678. The minimum atomic E-state index is -0.256. The SMILES string of the molecule is CC(c1ccccc1)(c1ccccc1)c1ccccc1N. The lowest BCUT2D eigenvalue weighted by Gasteiger charge is -2.32. The molecule has 0 aliphatic carbocycles. The summed E-state index contributed by atoms with van der Waals surface area (Å²) in [6.07, 6.45) is 0. The Balaban J connectivity index is 2.29. The van der Waals surface area contributed by atoms with Gasteiger partial charge in [-0.05, 0) is 29.7 Å². The number of hydrogen-bond acceptors (Lipinski definition) is 1. The smallest absolute Gasteiger partial charge is 0.0443 e. The van der Waals surface area contributed by atoms with Crippen LogP contribution in [0, 0.1) is 0 Å². The number of anilines is 1. The maximum atomic E-state index is 6.28. The lowest BCUT2D eigenvalue weighted by Crippen LogP contribution is -2.26. The number of benzene rings is 3. The summed E-state index contributed by atoms with van der Waals surface area (Å²) >= 11 is 0. The van der Waals surface area contributed by atoms with E-state index in [0.29, 0.717) is 0 Å². The molecule has 21 heavy (non-hydrogen) atoms. The molecule has 1 heteroatoms. The molecule has 0 spiro atoms. The van der Waals surface area contributed by atoms with Gasteiger partial charge < -0.3 is 5.73 Å². The third-order valence-corrected chi connectivity index (χ3v) is 4.20. The summed E-state index contributed by atoms with van der Waals surface area (Å²) in [5, 5.41) is 0. The van der Waals surface area contributed by atoms with Crippen molar-refractivity contribution >= 4 is 5.69 Å². The van der Waals surface area contributed by atoms with Crippen molar-refractivity contribution in [2.24, 2.45) is 0 Å². The van der Waals surface area contributed by atoms with E-state index in [1.54, 1.807) is 0 Å². The minimum Gasteiger partial charge on any atom is -0.398 e. The third-order valence-electron chi connectivity index (χ3n) is 4.20. The molecule has 3 aromatic rings. The van der Waals surface area contributed by atoms with Crippen LogP contribution < -0.4 is 5.73 Å². The van der Waals surface area contributed by atoms with E-state index >= 15 is 0 Å². The first-order valence-corrected chi connectivity index (χ1v) is 7.19. The highest BCUT2D eigenvalue weighted by Gasteiger charge is 2.32. The summed E-state index contributed by atoms with van der Waals surface area (Å²) in [6.45, 7) is 2.24. The van der Waals surface area contributed by atoms with E-state index in [4.69, 9.17) is 5.73 Å². The first-order valence-electron chi connectivity index (χ1n) is 7.19. The fraction of sp³-hybridized carbons (Fsp3) is 0.100. The molecule has 0 radical (unpaired) electrons. The van der Waals surface area contributed by atoms with E-state index in [2.05, 4.69) is 67.6 Å².